The Labute approximate surface area is 175 Å². The first-order chi connectivity index (χ1) is 14.5. The van der Waals surface area contributed by atoms with Gasteiger partial charge in [-0.3, -0.25) is 4.99 Å². The van der Waals surface area contributed by atoms with E-state index in [1.54, 1.807) is 25.4 Å². The topological polar surface area (TPSA) is 38.4 Å². The van der Waals surface area contributed by atoms with Crippen LogP contribution in [0.2, 0.25) is 0 Å². The number of halogens is 1. The smallest absolute Gasteiger partial charge is 0.227 e. The number of benzene rings is 2. The largest absolute Gasteiger partial charge is 0.437 e. The standard InChI is InChI=1S/C26H23FN2O/c1-16-10-12-22-23-13-11-17(2)29-26(23)30-25(22)24(16)18(3)21(9-6-14-28-4)19-7-5-8-20(27)15-19/h5-15H,1-4H3/b9-6-,21-18-,28-14+. The molecule has 2 aromatic carbocycles. The molecule has 4 heteroatoms. The number of aryl methyl sites for hydroxylation is 2. The summed E-state index contributed by atoms with van der Waals surface area (Å²) in [4.78, 5) is 8.57. The maximum Gasteiger partial charge on any atom is 0.227 e. The molecule has 0 fully saturated rings. The lowest BCUT2D eigenvalue weighted by molar-refractivity contribution is 0.627. The molecule has 0 saturated carbocycles. The quantitative estimate of drug-likeness (QED) is 0.212. The zero-order chi connectivity index (χ0) is 21.3. The van der Waals surface area contributed by atoms with E-state index in [1.165, 1.54) is 6.07 Å². The summed E-state index contributed by atoms with van der Waals surface area (Å²) in [6.45, 7) is 6.05. The average Bonchev–Trinajstić information content (AvgIpc) is 3.08. The molecule has 0 aliphatic rings. The number of fused-ring (bicyclic) bond motifs is 3. The zero-order valence-electron chi connectivity index (χ0n) is 17.5. The summed E-state index contributed by atoms with van der Waals surface area (Å²) >= 11 is 0. The van der Waals surface area contributed by atoms with Crippen molar-refractivity contribution >= 4 is 39.4 Å². The second-order valence-electron chi connectivity index (χ2n) is 7.36. The van der Waals surface area contributed by atoms with Crippen molar-refractivity contribution in [1.29, 1.82) is 0 Å². The van der Waals surface area contributed by atoms with Crippen LogP contribution in [0.25, 0.3) is 33.2 Å². The van der Waals surface area contributed by atoms with Crippen LogP contribution in [0.15, 0.2) is 70.1 Å². The van der Waals surface area contributed by atoms with Crippen molar-refractivity contribution in [2.24, 2.45) is 4.99 Å². The Hall–Kier alpha value is -3.53. The number of aromatic nitrogens is 1. The molecule has 0 unspecified atom stereocenters. The molecule has 0 atom stereocenters. The monoisotopic (exact) mass is 398 g/mol. The van der Waals surface area contributed by atoms with Crippen LogP contribution in [-0.2, 0) is 0 Å². The summed E-state index contributed by atoms with van der Waals surface area (Å²) in [5.74, 6) is -0.270. The lowest BCUT2D eigenvalue weighted by Gasteiger charge is -2.13. The molecule has 0 radical (unpaired) electrons. The Bertz CT molecular complexity index is 1340. The van der Waals surface area contributed by atoms with Crippen molar-refractivity contribution in [2.75, 3.05) is 7.05 Å². The van der Waals surface area contributed by atoms with E-state index in [-0.39, 0.29) is 5.82 Å². The van der Waals surface area contributed by atoms with Gasteiger partial charge in [-0.05, 0) is 73.4 Å². The number of rotatable bonds is 4. The Morgan fingerprint density at radius 1 is 1.07 bits per heavy atom. The van der Waals surface area contributed by atoms with E-state index in [2.05, 4.69) is 29.0 Å². The molecular weight excluding hydrogens is 375 g/mol. The molecular formula is C26H23FN2O. The van der Waals surface area contributed by atoms with E-state index in [9.17, 15) is 4.39 Å². The summed E-state index contributed by atoms with van der Waals surface area (Å²) in [5.41, 5.74) is 7.14. The van der Waals surface area contributed by atoms with E-state index in [1.807, 2.05) is 44.2 Å². The highest BCUT2D eigenvalue weighted by molar-refractivity contribution is 6.10. The van der Waals surface area contributed by atoms with Gasteiger partial charge >= 0.3 is 0 Å². The minimum Gasteiger partial charge on any atom is -0.437 e. The fraction of sp³-hybridized carbons (Fsp3) is 0.154. The maximum absolute atomic E-state index is 14.0. The highest BCUT2D eigenvalue weighted by atomic mass is 19.1. The Morgan fingerprint density at radius 2 is 1.87 bits per heavy atom. The van der Waals surface area contributed by atoms with Crippen LogP contribution < -0.4 is 0 Å². The van der Waals surface area contributed by atoms with Crippen LogP contribution >= 0.6 is 0 Å². The summed E-state index contributed by atoms with van der Waals surface area (Å²) in [5, 5.41) is 2.01. The van der Waals surface area contributed by atoms with E-state index < -0.39 is 0 Å². The molecule has 3 nitrogen and oxygen atoms in total. The molecule has 0 aliphatic carbocycles. The number of hydrogen-bond donors (Lipinski definition) is 0. The third-order valence-electron chi connectivity index (χ3n) is 5.27. The van der Waals surface area contributed by atoms with E-state index in [0.29, 0.717) is 5.71 Å². The van der Waals surface area contributed by atoms with Gasteiger partial charge in [0.05, 0.1) is 0 Å². The lowest BCUT2D eigenvalue weighted by atomic mass is 9.91. The third kappa shape index (κ3) is 3.57. The molecule has 0 bridgehead atoms. The molecule has 0 aliphatic heterocycles. The summed E-state index contributed by atoms with van der Waals surface area (Å²) in [6, 6.07) is 14.8. The first-order valence-corrected chi connectivity index (χ1v) is 9.85. The molecule has 2 aromatic heterocycles. The molecule has 2 heterocycles. The van der Waals surface area contributed by atoms with Gasteiger partial charge in [0.2, 0.25) is 5.71 Å². The first kappa shape index (κ1) is 19.8. The number of nitrogens with zero attached hydrogens (tertiary/aromatic N) is 2. The minimum absolute atomic E-state index is 0.270. The third-order valence-corrected chi connectivity index (χ3v) is 5.27. The van der Waals surface area contributed by atoms with E-state index in [4.69, 9.17) is 4.42 Å². The van der Waals surface area contributed by atoms with Crippen LogP contribution in [0.5, 0.6) is 0 Å². The summed E-state index contributed by atoms with van der Waals surface area (Å²) in [7, 11) is 1.72. The van der Waals surface area contributed by atoms with Gasteiger partial charge in [0.15, 0.2) is 0 Å². The molecule has 4 aromatic rings. The predicted molar refractivity (Wildman–Crippen MR) is 123 cm³/mol. The molecule has 30 heavy (non-hydrogen) atoms. The normalized spacial score (nSPS) is 13.1. The highest BCUT2D eigenvalue weighted by Crippen LogP contribution is 2.38. The van der Waals surface area contributed by atoms with Crippen LogP contribution in [0, 0.1) is 19.7 Å². The predicted octanol–water partition coefficient (Wildman–Crippen LogP) is 6.92. The molecule has 4 rings (SSSR count). The molecule has 0 N–H and O–H groups in total. The van der Waals surface area contributed by atoms with Crippen molar-refractivity contribution in [3.8, 4) is 0 Å². The summed E-state index contributed by atoms with van der Waals surface area (Å²) in [6.07, 6.45) is 5.54. The van der Waals surface area contributed by atoms with Crippen LogP contribution in [0.4, 0.5) is 4.39 Å². The van der Waals surface area contributed by atoms with Gasteiger partial charge in [-0.15, -0.1) is 0 Å². The van der Waals surface area contributed by atoms with Crippen molar-refractivity contribution in [3.05, 3.63) is 88.9 Å². The minimum atomic E-state index is -0.270. The average molecular weight is 398 g/mol. The number of aliphatic imine (C=N–C) groups is 1. The van der Waals surface area contributed by atoms with Crippen LogP contribution in [0.3, 0.4) is 0 Å². The number of hydrogen-bond acceptors (Lipinski definition) is 3. The van der Waals surface area contributed by atoms with Crippen molar-refractivity contribution in [2.45, 2.75) is 20.8 Å². The second kappa shape index (κ2) is 8.07. The maximum atomic E-state index is 14.0. The van der Waals surface area contributed by atoms with E-state index in [0.717, 1.165) is 49.9 Å². The van der Waals surface area contributed by atoms with Crippen LogP contribution in [-0.4, -0.2) is 18.2 Å². The SMILES string of the molecule is C/N=C/C=C\C(=C(/C)c1c(C)ccc2c1oc1nc(C)ccc12)c1cccc(F)c1. The van der Waals surface area contributed by atoms with Gasteiger partial charge < -0.3 is 4.42 Å². The molecule has 0 saturated heterocycles. The number of furan rings is 1. The fourth-order valence-electron chi connectivity index (χ4n) is 3.83. The first-order valence-electron chi connectivity index (χ1n) is 9.85. The molecule has 150 valence electrons. The van der Waals surface area contributed by atoms with Gasteiger partial charge in [-0.2, -0.15) is 0 Å². The second-order valence-corrected chi connectivity index (χ2v) is 7.36. The number of pyridine rings is 1. The lowest BCUT2D eigenvalue weighted by Crippen LogP contribution is -1.93. The van der Waals surface area contributed by atoms with Crippen molar-refractivity contribution in [3.63, 3.8) is 0 Å². The zero-order valence-corrected chi connectivity index (χ0v) is 17.5. The fourth-order valence-corrected chi connectivity index (χ4v) is 3.83. The van der Waals surface area contributed by atoms with Crippen LogP contribution in [0.1, 0.15) is 29.3 Å². The van der Waals surface area contributed by atoms with Crippen molar-refractivity contribution < 1.29 is 8.81 Å². The van der Waals surface area contributed by atoms with Gasteiger partial charge in [0, 0.05) is 35.3 Å². The number of allylic oxidation sites excluding steroid dienone is 4. The van der Waals surface area contributed by atoms with Gasteiger partial charge in [0.1, 0.15) is 11.4 Å². The van der Waals surface area contributed by atoms with E-state index >= 15 is 0 Å². The van der Waals surface area contributed by atoms with Crippen molar-refractivity contribution in [1.82, 2.24) is 4.98 Å². The summed E-state index contributed by atoms with van der Waals surface area (Å²) < 4.78 is 20.2. The van der Waals surface area contributed by atoms with Gasteiger partial charge in [-0.25, -0.2) is 9.37 Å². The Kier molecular flexibility index (Phi) is 5.32. The molecule has 0 amide bonds. The van der Waals surface area contributed by atoms with Gasteiger partial charge in [-0.1, -0.05) is 30.3 Å². The van der Waals surface area contributed by atoms with Gasteiger partial charge in [0.25, 0.3) is 0 Å². The Balaban J connectivity index is 2.04. The molecule has 0 spiro atoms. The Morgan fingerprint density at radius 3 is 2.63 bits per heavy atom. The highest BCUT2D eigenvalue weighted by Gasteiger charge is 2.17.